The van der Waals surface area contributed by atoms with Crippen LogP contribution in [-0.4, -0.2) is 55.4 Å². The Labute approximate surface area is 140 Å². The largest absolute Gasteiger partial charge is 0.333 e. The van der Waals surface area contributed by atoms with Gasteiger partial charge >= 0.3 is 6.03 Å². The van der Waals surface area contributed by atoms with Crippen LogP contribution in [0.25, 0.3) is 0 Å². The topological polar surface area (TPSA) is 69.7 Å². The van der Waals surface area contributed by atoms with Crippen LogP contribution < -0.4 is 5.32 Å². The molecule has 6 nitrogen and oxygen atoms in total. The van der Waals surface area contributed by atoms with Crippen LogP contribution in [0.5, 0.6) is 0 Å². The molecule has 134 valence electrons. The Balaban J connectivity index is 2.09. The first-order chi connectivity index (χ1) is 11.0. The zero-order valence-electron chi connectivity index (χ0n) is 13.8. The number of amides is 2. The summed E-state index contributed by atoms with van der Waals surface area (Å²) in [5.41, 5.74) is -0.398. The summed E-state index contributed by atoms with van der Waals surface area (Å²) in [5.74, 6) is -1.82. The van der Waals surface area contributed by atoms with Crippen molar-refractivity contribution >= 4 is 16.1 Å². The van der Waals surface area contributed by atoms with Gasteiger partial charge in [-0.1, -0.05) is 0 Å². The molecule has 1 N–H and O–H groups in total. The monoisotopic (exact) mass is 361 g/mol. The number of urea groups is 1. The summed E-state index contributed by atoms with van der Waals surface area (Å²) in [5, 5.41) is 2.80. The summed E-state index contributed by atoms with van der Waals surface area (Å²) in [6.45, 7) is 5.94. The number of carbonyl (C=O) groups excluding carboxylic acids is 1. The van der Waals surface area contributed by atoms with Crippen LogP contribution in [0.2, 0.25) is 0 Å². The lowest BCUT2D eigenvalue weighted by Crippen LogP contribution is -2.55. The van der Waals surface area contributed by atoms with E-state index in [-0.39, 0.29) is 32.2 Å². The zero-order valence-corrected chi connectivity index (χ0v) is 14.7. The molecule has 2 amide bonds. The normalized spacial score (nSPS) is 17.0. The van der Waals surface area contributed by atoms with Crippen molar-refractivity contribution in [2.24, 2.45) is 0 Å². The number of sulfonamides is 1. The number of nitrogens with zero attached hydrogens (tertiary/aromatic N) is 2. The van der Waals surface area contributed by atoms with Gasteiger partial charge in [-0.2, -0.15) is 4.31 Å². The van der Waals surface area contributed by atoms with Crippen molar-refractivity contribution in [1.29, 1.82) is 0 Å². The van der Waals surface area contributed by atoms with Crippen LogP contribution in [0.4, 0.5) is 13.6 Å². The van der Waals surface area contributed by atoms with E-state index >= 15 is 0 Å². The molecule has 0 spiro atoms. The average Bonchev–Trinajstić information content (AvgIpc) is 2.48. The molecule has 0 aliphatic carbocycles. The number of benzene rings is 1. The first-order valence-electron chi connectivity index (χ1n) is 7.53. The lowest BCUT2D eigenvalue weighted by atomic mass is 10.1. The Morgan fingerprint density at radius 3 is 2.25 bits per heavy atom. The molecule has 0 aromatic heterocycles. The van der Waals surface area contributed by atoms with Crippen LogP contribution >= 0.6 is 0 Å². The lowest BCUT2D eigenvalue weighted by molar-refractivity contribution is 0.165. The van der Waals surface area contributed by atoms with E-state index in [4.69, 9.17) is 0 Å². The van der Waals surface area contributed by atoms with Crippen molar-refractivity contribution in [2.45, 2.75) is 31.2 Å². The van der Waals surface area contributed by atoms with E-state index in [2.05, 4.69) is 5.32 Å². The summed E-state index contributed by atoms with van der Waals surface area (Å²) >= 11 is 0. The van der Waals surface area contributed by atoms with Gasteiger partial charge in [-0.15, -0.1) is 0 Å². The number of halogens is 2. The first kappa shape index (κ1) is 18.6. The van der Waals surface area contributed by atoms with Gasteiger partial charge in [0.15, 0.2) is 0 Å². The van der Waals surface area contributed by atoms with Gasteiger partial charge in [-0.3, -0.25) is 0 Å². The van der Waals surface area contributed by atoms with E-state index in [1.54, 1.807) is 0 Å². The Bertz CT molecular complexity index is 724. The molecule has 2 rings (SSSR count). The number of hydrogen-bond donors (Lipinski definition) is 1. The number of nitrogens with one attached hydrogen (secondary N) is 1. The minimum atomic E-state index is -4.14. The van der Waals surface area contributed by atoms with Crippen molar-refractivity contribution in [3.05, 3.63) is 29.8 Å². The molecule has 9 heteroatoms. The fraction of sp³-hybridized carbons (Fsp3) is 0.533. The maximum atomic E-state index is 13.8. The highest BCUT2D eigenvalue weighted by Gasteiger charge is 2.32. The van der Waals surface area contributed by atoms with Crippen molar-refractivity contribution in [1.82, 2.24) is 14.5 Å². The van der Waals surface area contributed by atoms with E-state index in [1.807, 2.05) is 20.8 Å². The van der Waals surface area contributed by atoms with Crippen molar-refractivity contribution in [3.8, 4) is 0 Å². The maximum absolute atomic E-state index is 13.8. The van der Waals surface area contributed by atoms with E-state index in [1.165, 1.54) is 4.90 Å². The smallest absolute Gasteiger partial charge is 0.317 e. The standard InChI is InChI=1S/C15H21F2N3O3S/c1-15(2,3)18-14(21)19-6-8-20(9-7-19)24(22,23)13-10-11(16)4-5-12(13)17/h4-5,10H,6-9H2,1-3H3,(H,18,21). The van der Waals surface area contributed by atoms with Crippen molar-refractivity contribution in [2.75, 3.05) is 26.2 Å². The molecule has 0 radical (unpaired) electrons. The van der Waals surface area contributed by atoms with Crippen LogP contribution in [-0.2, 0) is 10.0 Å². The summed E-state index contributed by atoms with van der Waals surface area (Å²) in [7, 11) is -4.14. The Kier molecular flexibility index (Phi) is 5.14. The third-order valence-electron chi connectivity index (χ3n) is 3.52. The Morgan fingerprint density at radius 2 is 1.71 bits per heavy atom. The summed E-state index contributed by atoms with van der Waals surface area (Å²) < 4.78 is 53.0. The quantitative estimate of drug-likeness (QED) is 0.873. The SMILES string of the molecule is CC(C)(C)NC(=O)N1CCN(S(=O)(=O)c2cc(F)ccc2F)CC1. The van der Waals surface area contributed by atoms with Crippen molar-refractivity contribution in [3.63, 3.8) is 0 Å². The second-order valence-electron chi connectivity index (χ2n) is 6.65. The predicted octanol–water partition coefficient (Wildman–Crippen LogP) is 1.78. The minimum Gasteiger partial charge on any atom is -0.333 e. The lowest BCUT2D eigenvalue weighted by Gasteiger charge is -2.35. The third kappa shape index (κ3) is 4.21. The van der Waals surface area contributed by atoms with Crippen LogP contribution in [0.1, 0.15) is 20.8 Å². The molecule has 1 aliphatic rings. The van der Waals surface area contributed by atoms with E-state index in [0.29, 0.717) is 6.07 Å². The van der Waals surface area contributed by atoms with E-state index in [9.17, 15) is 22.0 Å². The van der Waals surface area contributed by atoms with Crippen LogP contribution in [0.3, 0.4) is 0 Å². The molecule has 24 heavy (non-hydrogen) atoms. The molecule has 0 saturated carbocycles. The summed E-state index contributed by atoms with van der Waals surface area (Å²) in [6, 6.07) is 2.04. The van der Waals surface area contributed by atoms with E-state index < -0.39 is 32.1 Å². The highest BCUT2D eigenvalue weighted by molar-refractivity contribution is 7.89. The highest BCUT2D eigenvalue weighted by Crippen LogP contribution is 2.21. The number of rotatable bonds is 2. The zero-order chi connectivity index (χ0) is 18.1. The predicted molar refractivity (Wildman–Crippen MR) is 85.0 cm³/mol. The van der Waals surface area contributed by atoms with Gasteiger partial charge in [0, 0.05) is 31.7 Å². The van der Waals surface area contributed by atoms with Gasteiger partial charge in [0.25, 0.3) is 0 Å². The molecule has 1 fully saturated rings. The van der Waals surface area contributed by atoms with Crippen molar-refractivity contribution < 1.29 is 22.0 Å². The molecule has 1 aromatic rings. The van der Waals surface area contributed by atoms with E-state index in [0.717, 1.165) is 16.4 Å². The number of piperazine rings is 1. The fourth-order valence-electron chi connectivity index (χ4n) is 2.35. The first-order valence-corrected chi connectivity index (χ1v) is 8.97. The fourth-order valence-corrected chi connectivity index (χ4v) is 3.84. The van der Waals surface area contributed by atoms with Crippen LogP contribution in [0.15, 0.2) is 23.1 Å². The van der Waals surface area contributed by atoms with Gasteiger partial charge < -0.3 is 10.2 Å². The molecule has 1 aliphatic heterocycles. The third-order valence-corrected chi connectivity index (χ3v) is 5.43. The average molecular weight is 361 g/mol. The molecule has 1 heterocycles. The molecular formula is C15H21F2N3O3S. The molecular weight excluding hydrogens is 340 g/mol. The second-order valence-corrected chi connectivity index (χ2v) is 8.55. The number of carbonyl (C=O) groups is 1. The van der Waals surface area contributed by atoms with Crippen LogP contribution in [0, 0.1) is 11.6 Å². The molecule has 1 saturated heterocycles. The molecule has 0 bridgehead atoms. The Hall–Kier alpha value is -1.74. The molecule has 1 aromatic carbocycles. The number of hydrogen-bond acceptors (Lipinski definition) is 3. The molecule has 0 atom stereocenters. The molecule has 0 unspecified atom stereocenters. The Morgan fingerprint density at radius 1 is 1.12 bits per heavy atom. The van der Waals surface area contributed by atoms with Gasteiger partial charge in [0.2, 0.25) is 10.0 Å². The van der Waals surface area contributed by atoms with Gasteiger partial charge in [-0.25, -0.2) is 22.0 Å². The second kappa shape index (κ2) is 6.64. The summed E-state index contributed by atoms with van der Waals surface area (Å²) in [6.07, 6.45) is 0. The minimum absolute atomic E-state index is 0.0237. The highest BCUT2D eigenvalue weighted by atomic mass is 32.2. The van der Waals surface area contributed by atoms with Gasteiger partial charge in [-0.05, 0) is 39.0 Å². The summed E-state index contributed by atoms with van der Waals surface area (Å²) in [4.78, 5) is 12.9. The maximum Gasteiger partial charge on any atom is 0.317 e. The van der Waals surface area contributed by atoms with Gasteiger partial charge in [0.05, 0.1) is 0 Å². The van der Waals surface area contributed by atoms with Gasteiger partial charge in [0.1, 0.15) is 16.5 Å².